The van der Waals surface area contributed by atoms with E-state index in [4.69, 9.17) is 52.1 Å². The molecule has 0 aliphatic carbocycles. The van der Waals surface area contributed by atoms with E-state index in [1.165, 1.54) is 0 Å². The van der Waals surface area contributed by atoms with Crippen LogP contribution in [0.4, 0.5) is 0 Å². The smallest absolute Gasteiger partial charge is 0.0701 e. The van der Waals surface area contributed by atoms with Crippen molar-refractivity contribution in [3.05, 3.63) is 0 Å². The molecule has 2 fully saturated rings. The maximum absolute atomic E-state index is 6.02. The molecule has 2 aliphatic rings. The van der Waals surface area contributed by atoms with Gasteiger partial charge in [-0.05, 0) is 0 Å². The zero-order chi connectivity index (χ0) is 28.7. The highest BCUT2D eigenvalue weighted by Gasteiger charge is 2.09. The van der Waals surface area contributed by atoms with Crippen LogP contribution in [0.25, 0.3) is 0 Å². The SMILES string of the molecule is C1COCCOCCN(CCOCCN2CCOCCOCCOCCOCCOCC2)CCOCCOCCO1. The van der Waals surface area contributed by atoms with Gasteiger partial charge in [-0.2, -0.15) is 0 Å². The second-order valence-corrected chi connectivity index (χ2v) is 9.42. The third-order valence-electron chi connectivity index (χ3n) is 6.29. The van der Waals surface area contributed by atoms with Crippen molar-refractivity contribution >= 4 is 0 Å². The Hall–Kier alpha value is -0.520. The Labute approximate surface area is 246 Å². The molecule has 0 atom stereocenters. The molecule has 41 heavy (non-hydrogen) atoms. The van der Waals surface area contributed by atoms with Crippen molar-refractivity contribution in [3.63, 3.8) is 0 Å². The van der Waals surface area contributed by atoms with Crippen molar-refractivity contribution in [3.8, 4) is 0 Å². The molecule has 13 heteroatoms. The van der Waals surface area contributed by atoms with Crippen LogP contribution in [-0.2, 0) is 52.1 Å². The standard InChI is InChI=1S/C28H56N2O11/c1(29-3-9-32-13-17-36-21-25-40-26-22-37-18-14-33-10-4-29)7-31-8-2-30-5-11-34-15-19-38-23-27-41-28-24-39-20-16-35-12-6-30/h1-28H2. The molecule has 13 nitrogen and oxygen atoms in total. The average Bonchev–Trinajstić information content (AvgIpc) is 2.98. The lowest BCUT2D eigenvalue weighted by Crippen LogP contribution is -2.36. The van der Waals surface area contributed by atoms with Gasteiger partial charge in [-0.1, -0.05) is 0 Å². The third kappa shape index (κ3) is 24.6. The molecule has 0 amide bonds. The molecular formula is C28H56N2O11. The number of ether oxygens (including phenoxy) is 11. The van der Waals surface area contributed by atoms with Crippen LogP contribution >= 0.6 is 0 Å². The van der Waals surface area contributed by atoms with Crippen molar-refractivity contribution in [1.29, 1.82) is 0 Å². The molecule has 2 heterocycles. The van der Waals surface area contributed by atoms with Crippen LogP contribution in [0.5, 0.6) is 0 Å². The predicted molar refractivity (Wildman–Crippen MR) is 152 cm³/mol. The molecule has 0 aromatic carbocycles. The van der Waals surface area contributed by atoms with E-state index in [2.05, 4.69) is 9.80 Å². The van der Waals surface area contributed by atoms with Gasteiger partial charge < -0.3 is 52.1 Å². The minimum atomic E-state index is 0.563. The predicted octanol–water partition coefficient (Wildman–Crippen LogP) is -0.200. The molecule has 0 unspecified atom stereocenters. The first-order valence-electron chi connectivity index (χ1n) is 15.2. The Bertz CT molecular complexity index is 459. The fraction of sp³-hybridized carbons (Fsp3) is 1.00. The van der Waals surface area contributed by atoms with E-state index in [0.29, 0.717) is 145 Å². The molecule has 0 radical (unpaired) electrons. The quantitative estimate of drug-likeness (QED) is 0.378. The summed E-state index contributed by atoms with van der Waals surface area (Å²) in [4.78, 5) is 4.63. The van der Waals surface area contributed by atoms with Gasteiger partial charge in [0.2, 0.25) is 0 Å². The molecular weight excluding hydrogens is 540 g/mol. The van der Waals surface area contributed by atoms with Gasteiger partial charge >= 0.3 is 0 Å². The van der Waals surface area contributed by atoms with Gasteiger partial charge in [-0.15, -0.1) is 0 Å². The summed E-state index contributed by atoms with van der Waals surface area (Å²) in [5.74, 6) is 0. The van der Waals surface area contributed by atoms with E-state index >= 15 is 0 Å². The summed E-state index contributed by atoms with van der Waals surface area (Å²) in [6.07, 6.45) is 0. The lowest BCUT2D eigenvalue weighted by atomic mass is 10.4. The van der Waals surface area contributed by atoms with E-state index in [1.807, 2.05) is 0 Å². The monoisotopic (exact) mass is 596 g/mol. The normalized spacial score (nSPS) is 24.0. The first kappa shape index (κ1) is 36.7. The number of hydrogen-bond acceptors (Lipinski definition) is 13. The topological polar surface area (TPSA) is 108 Å². The van der Waals surface area contributed by atoms with Crippen LogP contribution < -0.4 is 0 Å². The molecule has 0 aromatic rings. The minimum Gasteiger partial charge on any atom is -0.379 e. The molecule has 0 bridgehead atoms. The van der Waals surface area contributed by atoms with Gasteiger partial charge in [0.15, 0.2) is 0 Å². The highest BCUT2D eigenvalue weighted by atomic mass is 16.6. The average molecular weight is 597 g/mol. The van der Waals surface area contributed by atoms with Gasteiger partial charge in [0.25, 0.3) is 0 Å². The molecule has 244 valence electrons. The van der Waals surface area contributed by atoms with Crippen molar-refractivity contribution < 1.29 is 52.1 Å². The summed E-state index contributed by atoms with van der Waals surface area (Å²) in [7, 11) is 0. The maximum Gasteiger partial charge on any atom is 0.0701 e. The van der Waals surface area contributed by atoms with Crippen molar-refractivity contribution in [2.24, 2.45) is 0 Å². The van der Waals surface area contributed by atoms with Crippen molar-refractivity contribution in [2.45, 2.75) is 0 Å². The molecule has 0 N–H and O–H groups in total. The lowest BCUT2D eigenvalue weighted by molar-refractivity contribution is -0.0221. The van der Waals surface area contributed by atoms with Gasteiger partial charge in [0.05, 0.1) is 145 Å². The van der Waals surface area contributed by atoms with Crippen molar-refractivity contribution in [1.82, 2.24) is 9.80 Å². The summed E-state index contributed by atoms with van der Waals surface area (Å²) in [5.41, 5.74) is 0. The van der Waals surface area contributed by atoms with Crippen LogP contribution in [0.15, 0.2) is 0 Å². The van der Waals surface area contributed by atoms with Crippen LogP contribution in [0.1, 0.15) is 0 Å². The summed E-state index contributed by atoms with van der Waals surface area (Å²) in [6, 6.07) is 0. The molecule has 2 saturated heterocycles. The van der Waals surface area contributed by atoms with Gasteiger partial charge in [-0.25, -0.2) is 0 Å². The fourth-order valence-corrected chi connectivity index (χ4v) is 3.90. The highest BCUT2D eigenvalue weighted by Crippen LogP contribution is 1.96. The zero-order valence-electron chi connectivity index (χ0n) is 25.2. The van der Waals surface area contributed by atoms with Crippen LogP contribution in [0.2, 0.25) is 0 Å². The van der Waals surface area contributed by atoms with Gasteiger partial charge in [-0.3, -0.25) is 9.80 Å². The fourth-order valence-electron chi connectivity index (χ4n) is 3.90. The van der Waals surface area contributed by atoms with E-state index in [9.17, 15) is 0 Å². The van der Waals surface area contributed by atoms with E-state index < -0.39 is 0 Å². The Morgan fingerprint density at radius 3 is 0.707 bits per heavy atom. The first-order chi connectivity index (χ1) is 20.4. The maximum atomic E-state index is 6.02. The molecule has 2 rings (SSSR count). The van der Waals surface area contributed by atoms with Gasteiger partial charge in [0.1, 0.15) is 0 Å². The van der Waals surface area contributed by atoms with E-state index in [-0.39, 0.29) is 0 Å². The number of hydrogen-bond donors (Lipinski definition) is 0. The lowest BCUT2D eigenvalue weighted by Gasteiger charge is -2.24. The second kappa shape index (κ2) is 29.5. The third-order valence-corrected chi connectivity index (χ3v) is 6.29. The Morgan fingerprint density at radius 1 is 0.293 bits per heavy atom. The summed E-state index contributed by atoms with van der Waals surface area (Å²) in [5, 5.41) is 0. The minimum absolute atomic E-state index is 0.563. The zero-order valence-corrected chi connectivity index (χ0v) is 25.2. The van der Waals surface area contributed by atoms with E-state index in [1.54, 1.807) is 0 Å². The Morgan fingerprint density at radius 2 is 0.488 bits per heavy atom. The molecule has 0 saturated carbocycles. The Kier molecular flexibility index (Phi) is 26.4. The number of rotatable bonds is 6. The largest absolute Gasteiger partial charge is 0.379 e. The molecule has 0 spiro atoms. The number of nitrogens with zero attached hydrogens (tertiary/aromatic N) is 2. The Balaban J connectivity index is 1.63. The highest BCUT2D eigenvalue weighted by molar-refractivity contribution is 4.60. The van der Waals surface area contributed by atoms with Crippen molar-refractivity contribution in [2.75, 3.05) is 185 Å². The molecule has 2 aliphatic heterocycles. The second-order valence-electron chi connectivity index (χ2n) is 9.42. The van der Waals surface area contributed by atoms with Crippen LogP contribution in [-0.4, -0.2) is 194 Å². The summed E-state index contributed by atoms with van der Waals surface area (Å²) >= 11 is 0. The summed E-state index contributed by atoms with van der Waals surface area (Å²) < 4.78 is 62.1. The van der Waals surface area contributed by atoms with Crippen LogP contribution in [0.3, 0.4) is 0 Å². The first-order valence-corrected chi connectivity index (χ1v) is 15.2. The van der Waals surface area contributed by atoms with Crippen LogP contribution in [0, 0.1) is 0 Å². The summed E-state index contributed by atoms with van der Waals surface area (Å²) in [6.45, 7) is 17.8. The molecule has 0 aromatic heterocycles. The van der Waals surface area contributed by atoms with E-state index in [0.717, 1.165) is 39.3 Å². The van der Waals surface area contributed by atoms with Gasteiger partial charge in [0, 0.05) is 39.3 Å².